The lowest BCUT2D eigenvalue weighted by Crippen LogP contribution is -1.87. The molecule has 0 bridgehead atoms. The van der Waals surface area contributed by atoms with Gasteiger partial charge in [-0.15, -0.1) is 12.6 Å². The van der Waals surface area contributed by atoms with Gasteiger partial charge in [0.15, 0.2) is 0 Å². The van der Waals surface area contributed by atoms with Gasteiger partial charge in [-0.25, -0.2) is 4.98 Å². The van der Waals surface area contributed by atoms with Gasteiger partial charge in [0.05, 0.1) is 11.6 Å². The second-order valence-electron chi connectivity index (χ2n) is 1.96. The standard InChI is InChI=1S/C7H9NOS/c1-9-5-6-2-3-7(10)8-4-6/h2-4H,5H2,1H3,(H,8,10). The molecule has 0 aliphatic rings. The molecule has 0 fully saturated rings. The summed E-state index contributed by atoms with van der Waals surface area (Å²) in [6.07, 6.45) is 1.76. The van der Waals surface area contributed by atoms with Crippen molar-refractivity contribution in [1.82, 2.24) is 4.98 Å². The third-order valence-corrected chi connectivity index (χ3v) is 1.38. The summed E-state index contributed by atoms with van der Waals surface area (Å²) in [5.41, 5.74) is 1.07. The van der Waals surface area contributed by atoms with Crippen LogP contribution in [0.15, 0.2) is 23.4 Å². The Balaban J connectivity index is 2.69. The van der Waals surface area contributed by atoms with Crippen molar-refractivity contribution in [3.63, 3.8) is 0 Å². The number of pyridine rings is 1. The third-order valence-electron chi connectivity index (χ3n) is 1.12. The van der Waals surface area contributed by atoms with Gasteiger partial charge >= 0.3 is 0 Å². The summed E-state index contributed by atoms with van der Waals surface area (Å²) in [5.74, 6) is 0. The first-order chi connectivity index (χ1) is 4.83. The van der Waals surface area contributed by atoms with E-state index in [1.54, 1.807) is 13.3 Å². The highest BCUT2D eigenvalue weighted by Crippen LogP contribution is 2.03. The Labute approximate surface area is 65.6 Å². The van der Waals surface area contributed by atoms with Gasteiger partial charge < -0.3 is 4.74 Å². The number of ether oxygens (including phenoxy) is 1. The highest BCUT2D eigenvalue weighted by molar-refractivity contribution is 7.80. The first-order valence-electron chi connectivity index (χ1n) is 2.96. The average molecular weight is 155 g/mol. The largest absolute Gasteiger partial charge is 0.380 e. The smallest absolute Gasteiger partial charge is 0.0929 e. The van der Waals surface area contributed by atoms with Crippen LogP contribution in [0.2, 0.25) is 0 Å². The fourth-order valence-electron chi connectivity index (χ4n) is 0.669. The highest BCUT2D eigenvalue weighted by Gasteiger charge is 1.89. The number of methoxy groups -OCH3 is 1. The lowest BCUT2D eigenvalue weighted by atomic mass is 10.3. The van der Waals surface area contributed by atoms with Crippen LogP contribution in [0.1, 0.15) is 5.56 Å². The molecule has 0 N–H and O–H groups in total. The van der Waals surface area contributed by atoms with E-state index < -0.39 is 0 Å². The molecular weight excluding hydrogens is 146 g/mol. The molecule has 3 heteroatoms. The Morgan fingerprint density at radius 2 is 2.40 bits per heavy atom. The van der Waals surface area contributed by atoms with Crippen molar-refractivity contribution < 1.29 is 4.74 Å². The summed E-state index contributed by atoms with van der Waals surface area (Å²) in [5, 5.41) is 0.736. The van der Waals surface area contributed by atoms with E-state index in [2.05, 4.69) is 17.6 Å². The second kappa shape index (κ2) is 3.58. The molecular formula is C7H9NOS. The zero-order valence-corrected chi connectivity index (χ0v) is 6.64. The molecule has 1 aromatic rings. The maximum absolute atomic E-state index is 4.90. The van der Waals surface area contributed by atoms with Crippen LogP contribution < -0.4 is 0 Å². The van der Waals surface area contributed by atoms with E-state index >= 15 is 0 Å². The summed E-state index contributed by atoms with van der Waals surface area (Å²) in [6.45, 7) is 0.612. The van der Waals surface area contributed by atoms with Crippen LogP contribution in [0.25, 0.3) is 0 Å². The summed E-state index contributed by atoms with van der Waals surface area (Å²) < 4.78 is 4.90. The highest BCUT2D eigenvalue weighted by atomic mass is 32.1. The van der Waals surface area contributed by atoms with Gasteiger partial charge in [0.2, 0.25) is 0 Å². The van der Waals surface area contributed by atoms with E-state index in [0.717, 1.165) is 10.6 Å². The van der Waals surface area contributed by atoms with E-state index in [9.17, 15) is 0 Å². The van der Waals surface area contributed by atoms with Crippen LogP contribution in [0.5, 0.6) is 0 Å². The minimum Gasteiger partial charge on any atom is -0.380 e. The maximum atomic E-state index is 4.90. The van der Waals surface area contributed by atoms with E-state index in [1.165, 1.54) is 0 Å². The van der Waals surface area contributed by atoms with E-state index in [1.807, 2.05) is 12.1 Å². The molecule has 0 spiro atoms. The quantitative estimate of drug-likeness (QED) is 0.654. The first kappa shape index (κ1) is 7.57. The molecule has 0 aliphatic heterocycles. The number of thiol groups is 1. The predicted molar refractivity (Wildman–Crippen MR) is 42.2 cm³/mol. The van der Waals surface area contributed by atoms with Gasteiger partial charge in [0.25, 0.3) is 0 Å². The van der Waals surface area contributed by atoms with E-state index in [0.29, 0.717) is 6.61 Å². The van der Waals surface area contributed by atoms with Crippen LogP contribution in [0.4, 0.5) is 0 Å². The monoisotopic (exact) mass is 155 g/mol. The number of hydrogen-bond acceptors (Lipinski definition) is 3. The molecule has 1 heterocycles. The molecule has 10 heavy (non-hydrogen) atoms. The zero-order valence-electron chi connectivity index (χ0n) is 5.74. The second-order valence-corrected chi connectivity index (χ2v) is 2.42. The maximum Gasteiger partial charge on any atom is 0.0929 e. The summed E-state index contributed by atoms with van der Waals surface area (Å²) in [6, 6.07) is 3.79. The van der Waals surface area contributed by atoms with Crippen molar-refractivity contribution in [2.45, 2.75) is 11.6 Å². The SMILES string of the molecule is COCc1ccc(S)nc1. The molecule has 0 radical (unpaired) electrons. The lowest BCUT2D eigenvalue weighted by molar-refractivity contribution is 0.184. The van der Waals surface area contributed by atoms with Crippen LogP contribution in [0, 0.1) is 0 Å². The van der Waals surface area contributed by atoms with Crippen molar-refractivity contribution in [1.29, 1.82) is 0 Å². The molecule has 0 unspecified atom stereocenters. The van der Waals surface area contributed by atoms with Crippen molar-refractivity contribution in [3.8, 4) is 0 Å². The Morgan fingerprint density at radius 1 is 1.60 bits per heavy atom. The summed E-state index contributed by atoms with van der Waals surface area (Å²) in [4.78, 5) is 3.98. The van der Waals surface area contributed by atoms with Crippen molar-refractivity contribution >= 4 is 12.6 Å². The van der Waals surface area contributed by atoms with Crippen LogP contribution >= 0.6 is 12.6 Å². The Bertz CT molecular complexity index is 197. The molecule has 2 nitrogen and oxygen atoms in total. The van der Waals surface area contributed by atoms with Gasteiger partial charge in [-0.1, -0.05) is 6.07 Å². The van der Waals surface area contributed by atoms with Gasteiger partial charge in [0, 0.05) is 13.3 Å². The Kier molecular flexibility index (Phi) is 2.71. The van der Waals surface area contributed by atoms with Crippen molar-refractivity contribution in [2.24, 2.45) is 0 Å². The normalized spacial score (nSPS) is 9.80. The van der Waals surface area contributed by atoms with Gasteiger partial charge in [-0.2, -0.15) is 0 Å². The first-order valence-corrected chi connectivity index (χ1v) is 3.40. The average Bonchev–Trinajstić information content (AvgIpc) is 1.95. The van der Waals surface area contributed by atoms with Gasteiger partial charge in [0.1, 0.15) is 0 Å². The van der Waals surface area contributed by atoms with Crippen molar-refractivity contribution in [2.75, 3.05) is 7.11 Å². The molecule has 0 saturated carbocycles. The topological polar surface area (TPSA) is 22.1 Å². The number of nitrogens with zero attached hydrogens (tertiary/aromatic N) is 1. The molecule has 1 rings (SSSR count). The van der Waals surface area contributed by atoms with Crippen LogP contribution in [-0.4, -0.2) is 12.1 Å². The Hall–Kier alpha value is -0.540. The lowest BCUT2D eigenvalue weighted by Gasteiger charge is -1.97. The predicted octanol–water partition coefficient (Wildman–Crippen LogP) is 1.52. The molecule has 0 atom stereocenters. The number of hydrogen-bond donors (Lipinski definition) is 1. The van der Waals surface area contributed by atoms with Gasteiger partial charge in [-0.05, 0) is 11.6 Å². The van der Waals surface area contributed by atoms with Crippen molar-refractivity contribution in [3.05, 3.63) is 23.9 Å². The molecule has 0 saturated heterocycles. The fourth-order valence-corrected chi connectivity index (χ4v) is 0.801. The van der Waals surface area contributed by atoms with Crippen LogP contribution in [-0.2, 0) is 11.3 Å². The molecule has 0 amide bonds. The molecule has 0 aliphatic carbocycles. The fraction of sp³-hybridized carbons (Fsp3) is 0.286. The molecule has 1 aromatic heterocycles. The third kappa shape index (κ3) is 2.01. The summed E-state index contributed by atoms with van der Waals surface area (Å²) in [7, 11) is 1.66. The molecule has 0 aromatic carbocycles. The number of aromatic nitrogens is 1. The van der Waals surface area contributed by atoms with E-state index in [-0.39, 0.29) is 0 Å². The number of rotatable bonds is 2. The minimum atomic E-state index is 0.612. The Morgan fingerprint density at radius 3 is 2.90 bits per heavy atom. The van der Waals surface area contributed by atoms with E-state index in [4.69, 9.17) is 4.74 Å². The summed E-state index contributed by atoms with van der Waals surface area (Å²) >= 11 is 4.05. The van der Waals surface area contributed by atoms with Gasteiger partial charge in [-0.3, -0.25) is 0 Å². The zero-order chi connectivity index (χ0) is 7.40. The minimum absolute atomic E-state index is 0.612. The van der Waals surface area contributed by atoms with Crippen LogP contribution in [0.3, 0.4) is 0 Å². The molecule has 54 valence electrons.